The van der Waals surface area contributed by atoms with Gasteiger partial charge in [0.1, 0.15) is 0 Å². The van der Waals surface area contributed by atoms with E-state index in [-0.39, 0.29) is 0 Å². The van der Waals surface area contributed by atoms with Gasteiger partial charge in [0, 0.05) is 18.6 Å². The topological polar surface area (TPSA) is 23.5 Å². The summed E-state index contributed by atoms with van der Waals surface area (Å²) in [5.41, 5.74) is 3.96. The lowest BCUT2D eigenvalue weighted by molar-refractivity contribution is -0.0595. The highest BCUT2D eigenvalue weighted by molar-refractivity contribution is 5.61. The van der Waals surface area contributed by atoms with Crippen molar-refractivity contribution < 1.29 is 5.11 Å². The van der Waals surface area contributed by atoms with E-state index in [2.05, 4.69) is 66.1 Å². The van der Waals surface area contributed by atoms with Gasteiger partial charge in [-0.1, -0.05) is 66.7 Å². The lowest BCUT2D eigenvalue weighted by Gasteiger charge is -2.44. The third kappa shape index (κ3) is 3.17. The maximum absolute atomic E-state index is 11.4. The van der Waals surface area contributed by atoms with Gasteiger partial charge in [0.15, 0.2) is 0 Å². The number of hydrogen-bond acceptors (Lipinski definition) is 2. The number of rotatable bonds is 4. The number of fused-ring (bicyclic) bond motifs is 2. The summed E-state index contributed by atoms with van der Waals surface area (Å²) in [6.45, 7) is 7.02. The van der Waals surface area contributed by atoms with Crippen LogP contribution in [0.3, 0.4) is 0 Å². The SMILES string of the molecule is C=C(C)c1ccc(C2(O)CC3CCC(C2)N3Cc2ccccc2)cc1. The molecule has 2 heteroatoms. The Balaban J connectivity index is 1.53. The fraction of sp³-hybridized carbons (Fsp3) is 0.391. The summed E-state index contributed by atoms with van der Waals surface area (Å²) >= 11 is 0. The summed E-state index contributed by atoms with van der Waals surface area (Å²) in [4.78, 5) is 2.62. The Morgan fingerprint density at radius 2 is 1.64 bits per heavy atom. The van der Waals surface area contributed by atoms with Gasteiger partial charge in [0.2, 0.25) is 0 Å². The van der Waals surface area contributed by atoms with Crippen molar-refractivity contribution in [2.45, 2.75) is 56.8 Å². The zero-order valence-electron chi connectivity index (χ0n) is 15.0. The second-order valence-electron chi connectivity index (χ2n) is 7.84. The quantitative estimate of drug-likeness (QED) is 0.874. The van der Waals surface area contributed by atoms with E-state index in [1.807, 2.05) is 6.92 Å². The number of piperidine rings is 1. The van der Waals surface area contributed by atoms with Gasteiger partial charge in [0.25, 0.3) is 0 Å². The van der Waals surface area contributed by atoms with Crippen LogP contribution >= 0.6 is 0 Å². The third-order valence-electron chi connectivity index (χ3n) is 6.04. The van der Waals surface area contributed by atoms with Crippen molar-refractivity contribution in [3.63, 3.8) is 0 Å². The summed E-state index contributed by atoms with van der Waals surface area (Å²) in [5, 5.41) is 11.4. The smallest absolute Gasteiger partial charge is 0.0926 e. The van der Waals surface area contributed by atoms with Gasteiger partial charge < -0.3 is 5.11 Å². The summed E-state index contributed by atoms with van der Waals surface area (Å²) in [6.07, 6.45) is 4.07. The predicted molar refractivity (Wildman–Crippen MR) is 103 cm³/mol. The van der Waals surface area contributed by atoms with Crippen LogP contribution in [0, 0.1) is 0 Å². The molecule has 2 heterocycles. The lowest BCUT2D eigenvalue weighted by atomic mass is 9.80. The zero-order chi connectivity index (χ0) is 17.4. The largest absolute Gasteiger partial charge is 0.385 e. The Morgan fingerprint density at radius 3 is 2.20 bits per heavy atom. The van der Waals surface area contributed by atoms with Crippen molar-refractivity contribution in [1.82, 2.24) is 4.90 Å². The molecule has 2 saturated heterocycles. The van der Waals surface area contributed by atoms with Gasteiger partial charge in [-0.3, -0.25) is 4.90 Å². The van der Waals surface area contributed by atoms with Crippen molar-refractivity contribution in [3.05, 3.63) is 77.9 Å². The molecular weight excluding hydrogens is 306 g/mol. The van der Waals surface area contributed by atoms with Crippen LogP contribution in [0.15, 0.2) is 61.2 Å². The van der Waals surface area contributed by atoms with E-state index in [9.17, 15) is 5.11 Å². The minimum absolute atomic E-state index is 0.477. The van der Waals surface area contributed by atoms with Gasteiger partial charge in [-0.15, -0.1) is 0 Å². The summed E-state index contributed by atoms with van der Waals surface area (Å²) in [7, 11) is 0. The normalized spacial score (nSPS) is 28.9. The second-order valence-corrected chi connectivity index (χ2v) is 7.84. The minimum Gasteiger partial charge on any atom is -0.385 e. The van der Waals surface area contributed by atoms with Crippen molar-refractivity contribution in [2.75, 3.05) is 0 Å². The maximum Gasteiger partial charge on any atom is 0.0926 e. The van der Waals surface area contributed by atoms with E-state index in [1.54, 1.807) is 0 Å². The molecule has 2 aromatic carbocycles. The molecular formula is C23H27NO. The van der Waals surface area contributed by atoms with Crippen LogP contribution in [0.5, 0.6) is 0 Å². The average molecular weight is 333 g/mol. The fourth-order valence-electron chi connectivity index (χ4n) is 4.67. The van der Waals surface area contributed by atoms with Gasteiger partial charge in [-0.2, -0.15) is 0 Å². The number of allylic oxidation sites excluding steroid dienone is 1. The lowest BCUT2D eigenvalue weighted by Crippen LogP contribution is -2.49. The molecule has 25 heavy (non-hydrogen) atoms. The first-order valence-corrected chi connectivity index (χ1v) is 9.34. The Labute approximate surface area is 150 Å². The standard InChI is InChI=1S/C23H27NO/c1-17(2)19-8-10-20(11-9-19)23(25)14-21-12-13-22(15-23)24(21)16-18-6-4-3-5-7-18/h3-11,21-22,25H,1,12-16H2,2H3. The molecule has 2 aliphatic heterocycles. The van der Waals surface area contributed by atoms with E-state index in [0.29, 0.717) is 12.1 Å². The molecule has 2 bridgehead atoms. The fourth-order valence-corrected chi connectivity index (χ4v) is 4.67. The highest BCUT2D eigenvalue weighted by atomic mass is 16.3. The molecule has 0 aromatic heterocycles. The highest BCUT2D eigenvalue weighted by Crippen LogP contribution is 2.46. The molecule has 0 amide bonds. The van der Waals surface area contributed by atoms with Gasteiger partial charge >= 0.3 is 0 Å². The van der Waals surface area contributed by atoms with Gasteiger partial charge in [-0.05, 0) is 49.3 Å². The Kier molecular flexibility index (Phi) is 4.26. The summed E-state index contributed by atoms with van der Waals surface area (Å²) in [6, 6.07) is 20.0. The molecule has 2 nitrogen and oxygen atoms in total. The number of benzene rings is 2. The van der Waals surface area contributed by atoms with E-state index >= 15 is 0 Å². The maximum atomic E-state index is 11.4. The molecule has 0 saturated carbocycles. The van der Waals surface area contributed by atoms with Crippen LogP contribution in [0.25, 0.3) is 5.57 Å². The Morgan fingerprint density at radius 1 is 1.04 bits per heavy atom. The Hall–Kier alpha value is -1.90. The van der Waals surface area contributed by atoms with Gasteiger partial charge in [-0.25, -0.2) is 0 Å². The van der Waals surface area contributed by atoms with Crippen LogP contribution in [0.2, 0.25) is 0 Å². The minimum atomic E-state index is -0.688. The van der Waals surface area contributed by atoms with E-state index in [4.69, 9.17) is 0 Å². The average Bonchev–Trinajstić information content (AvgIpc) is 2.87. The molecule has 0 radical (unpaired) electrons. The first-order valence-electron chi connectivity index (χ1n) is 9.34. The molecule has 0 spiro atoms. The van der Waals surface area contributed by atoms with Crippen molar-refractivity contribution in [1.29, 1.82) is 0 Å². The van der Waals surface area contributed by atoms with Crippen molar-refractivity contribution in [2.24, 2.45) is 0 Å². The van der Waals surface area contributed by atoms with Crippen LogP contribution < -0.4 is 0 Å². The van der Waals surface area contributed by atoms with Crippen LogP contribution in [-0.4, -0.2) is 22.1 Å². The Bertz CT molecular complexity index is 735. The van der Waals surface area contributed by atoms with Crippen molar-refractivity contribution in [3.8, 4) is 0 Å². The van der Waals surface area contributed by atoms with E-state index < -0.39 is 5.60 Å². The molecule has 2 aromatic rings. The molecule has 2 fully saturated rings. The molecule has 0 aliphatic carbocycles. The molecule has 2 atom stereocenters. The molecule has 1 N–H and O–H groups in total. The zero-order valence-corrected chi connectivity index (χ0v) is 15.0. The first-order chi connectivity index (χ1) is 12.0. The van der Waals surface area contributed by atoms with E-state index in [0.717, 1.165) is 36.1 Å². The van der Waals surface area contributed by atoms with Crippen LogP contribution in [0.4, 0.5) is 0 Å². The highest BCUT2D eigenvalue weighted by Gasteiger charge is 2.48. The summed E-state index contributed by atoms with van der Waals surface area (Å²) < 4.78 is 0. The molecule has 2 unspecified atom stereocenters. The van der Waals surface area contributed by atoms with E-state index in [1.165, 1.54) is 18.4 Å². The van der Waals surface area contributed by atoms with Gasteiger partial charge in [0.05, 0.1) is 5.60 Å². The number of nitrogens with zero attached hydrogens (tertiary/aromatic N) is 1. The molecule has 130 valence electrons. The van der Waals surface area contributed by atoms with Crippen LogP contribution in [0.1, 0.15) is 49.3 Å². The second kappa shape index (κ2) is 6.44. The monoisotopic (exact) mass is 333 g/mol. The first kappa shape index (κ1) is 16.6. The summed E-state index contributed by atoms with van der Waals surface area (Å²) in [5.74, 6) is 0. The number of aliphatic hydroxyl groups is 1. The molecule has 4 rings (SSSR count). The third-order valence-corrected chi connectivity index (χ3v) is 6.04. The predicted octanol–water partition coefficient (Wildman–Crippen LogP) is 4.73. The van der Waals surface area contributed by atoms with Crippen molar-refractivity contribution >= 4 is 5.57 Å². The molecule has 2 aliphatic rings. The number of hydrogen-bond donors (Lipinski definition) is 1. The van der Waals surface area contributed by atoms with Crippen LogP contribution in [-0.2, 0) is 12.1 Å².